The Balaban J connectivity index is 2.24. The van der Waals surface area contributed by atoms with Crippen molar-refractivity contribution in [1.29, 1.82) is 0 Å². The van der Waals surface area contributed by atoms with E-state index in [1.165, 1.54) is 25.0 Å². The van der Waals surface area contributed by atoms with Crippen LogP contribution >= 0.6 is 0 Å². The first-order chi connectivity index (χ1) is 9.52. The Morgan fingerprint density at radius 2 is 1.85 bits per heavy atom. The smallest absolute Gasteiger partial charge is 0.310 e. The van der Waals surface area contributed by atoms with Crippen LogP contribution in [0.25, 0.3) is 0 Å². The monoisotopic (exact) mass is 285 g/mol. The predicted octanol–water partition coefficient (Wildman–Crippen LogP) is 4.94. The van der Waals surface area contributed by atoms with Gasteiger partial charge in [-0.3, -0.25) is 0 Å². The van der Waals surface area contributed by atoms with E-state index in [0.717, 1.165) is 19.3 Å². The Morgan fingerprint density at radius 3 is 2.45 bits per heavy atom. The van der Waals surface area contributed by atoms with Crippen molar-refractivity contribution in [2.75, 3.05) is 6.54 Å². The average molecular weight is 285 g/mol. The molecule has 1 aromatic carbocycles. The van der Waals surface area contributed by atoms with Crippen LogP contribution in [0.2, 0.25) is 0 Å². The number of rotatable bonds is 5. The molecule has 0 aliphatic heterocycles. The van der Waals surface area contributed by atoms with Crippen LogP contribution in [0.1, 0.15) is 56.2 Å². The lowest BCUT2D eigenvalue weighted by Crippen LogP contribution is -2.25. The highest BCUT2D eigenvalue weighted by Gasteiger charge is 2.35. The molecule has 1 unspecified atom stereocenters. The summed E-state index contributed by atoms with van der Waals surface area (Å²) in [7, 11) is 0. The van der Waals surface area contributed by atoms with Gasteiger partial charge >= 0.3 is 6.18 Å². The van der Waals surface area contributed by atoms with E-state index in [4.69, 9.17) is 0 Å². The second kappa shape index (κ2) is 6.61. The van der Waals surface area contributed by atoms with Gasteiger partial charge in [0.1, 0.15) is 0 Å². The van der Waals surface area contributed by atoms with Crippen molar-refractivity contribution in [3.8, 4) is 0 Å². The fourth-order valence-electron chi connectivity index (χ4n) is 3.21. The third-order valence-corrected chi connectivity index (χ3v) is 4.14. The Hall–Kier alpha value is -1.03. The number of halogens is 3. The Labute approximate surface area is 118 Å². The van der Waals surface area contributed by atoms with E-state index in [-0.39, 0.29) is 6.04 Å². The standard InChI is InChI=1S/C16H22F3N/c1-2-20-15(11-12-7-3-4-8-12)13-9-5-6-10-14(13)16(17,18)19/h5-6,9-10,12,15,20H,2-4,7-8,11H2,1H3. The summed E-state index contributed by atoms with van der Waals surface area (Å²) in [6.45, 7) is 2.63. The first-order valence-electron chi connectivity index (χ1n) is 7.42. The van der Waals surface area contributed by atoms with Gasteiger partial charge < -0.3 is 5.32 Å². The molecular formula is C16H22F3N. The number of alkyl halides is 3. The highest BCUT2D eigenvalue weighted by atomic mass is 19.4. The molecular weight excluding hydrogens is 263 g/mol. The van der Waals surface area contributed by atoms with Crippen molar-refractivity contribution in [2.24, 2.45) is 5.92 Å². The molecule has 1 saturated carbocycles. The average Bonchev–Trinajstić information content (AvgIpc) is 2.90. The van der Waals surface area contributed by atoms with Gasteiger partial charge in [-0.1, -0.05) is 50.8 Å². The summed E-state index contributed by atoms with van der Waals surface area (Å²) in [5.74, 6) is 0.556. The zero-order valence-corrected chi connectivity index (χ0v) is 11.8. The van der Waals surface area contributed by atoms with Crippen molar-refractivity contribution in [3.05, 3.63) is 35.4 Å². The van der Waals surface area contributed by atoms with E-state index < -0.39 is 11.7 Å². The molecule has 1 aromatic rings. The summed E-state index contributed by atoms with van der Waals surface area (Å²) < 4.78 is 39.4. The molecule has 0 radical (unpaired) electrons. The second-order valence-corrected chi connectivity index (χ2v) is 5.58. The van der Waals surface area contributed by atoms with Crippen molar-refractivity contribution in [2.45, 2.75) is 51.2 Å². The van der Waals surface area contributed by atoms with Crippen LogP contribution in [0.5, 0.6) is 0 Å². The van der Waals surface area contributed by atoms with Gasteiger partial charge in [-0.25, -0.2) is 0 Å². The SMILES string of the molecule is CCNC(CC1CCCC1)c1ccccc1C(F)(F)F. The molecule has 1 nitrogen and oxygen atoms in total. The summed E-state index contributed by atoms with van der Waals surface area (Å²) in [6.07, 6.45) is 1.25. The topological polar surface area (TPSA) is 12.0 Å². The molecule has 0 amide bonds. The van der Waals surface area contributed by atoms with Crippen molar-refractivity contribution in [1.82, 2.24) is 5.32 Å². The first kappa shape index (κ1) is 15.4. The summed E-state index contributed by atoms with van der Waals surface area (Å²) in [4.78, 5) is 0. The van der Waals surface area contributed by atoms with Gasteiger partial charge in [-0.2, -0.15) is 13.2 Å². The normalized spacial score (nSPS) is 18.4. The van der Waals surface area contributed by atoms with Crippen LogP contribution in [0.3, 0.4) is 0 Å². The molecule has 0 bridgehead atoms. The molecule has 1 N–H and O–H groups in total. The zero-order valence-electron chi connectivity index (χ0n) is 11.8. The van der Waals surface area contributed by atoms with Crippen molar-refractivity contribution < 1.29 is 13.2 Å². The maximum Gasteiger partial charge on any atom is 0.416 e. The van der Waals surface area contributed by atoms with E-state index in [9.17, 15) is 13.2 Å². The van der Waals surface area contributed by atoms with Crippen LogP contribution in [0, 0.1) is 5.92 Å². The molecule has 1 atom stereocenters. The first-order valence-corrected chi connectivity index (χ1v) is 7.42. The van der Waals surface area contributed by atoms with Gasteiger partial charge in [0.2, 0.25) is 0 Å². The highest BCUT2D eigenvalue weighted by molar-refractivity contribution is 5.32. The largest absolute Gasteiger partial charge is 0.416 e. The van der Waals surface area contributed by atoms with Crippen LogP contribution in [-0.4, -0.2) is 6.54 Å². The molecule has 4 heteroatoms. The molecule has 0 saturated heterocycles. The number of nitrogens with one attached hydrogen (secondary N) is 1. The van der Waals surface area contributed by atoms with Crippen LogP contribution in [-0.2, 0) is 6.18 Å². The van der Waals surface area contributed by atoms with Crippen molar-refractivity contribution >= 4 is 0 Å². The number of benzene rings is 1. The summed E-state index contributed by atoms with van der Waals surface area (Å²) in [5.41, 5.74) is -0.0994. The third kappa shape index (κ3) is 3.75. The van der Waals surface area contributed by atoms with Gasteiger partial charge in [0.25, 0.3) is 0 Å². The summed E-state index contributed by atoms with van der Waals surface area (Å²) >= 11 is 0. The number of hydrogen-bond acceptors (Lipinski definition) is 1. The molecule has 0 aromatic heterocycles. The molecule has 1 aliphatic rings. The van der Waals surface area contributed by atoms with E-state index in [2.05, 4.69) is 5.32 Å². The molecule has 0 heterocycles. The van der Waals surface area contributed by atoms with Crippen LogP contribution in [0.15, 0.2) is 24.3 Å². The van der Waals surface area contributed by atoms with E-state index in [1.807, 2.05) is 6.92 Å². The van der Waals surface area contributed by atoms with Crippen LogP contribution in [0.4, 0.5) is 13.2 Å². The minimum absolute atomic E-state index is 0.194. The molecule has 20 heavy (non-hydrogen) atoms. The lowest BCUT2D eigenvalue weighted by atomic mass is 9.90. The quantitative estimate of drug-likeness (QED) is 0.808. The van der Waals surface area contributed by atoms with Gasteiger partial charge in [0, 0.05) is 6.04 Å². The fourth-order valence-corrected chi connectivity index (χ4v) is 3.21. The lowest BCUT2D eigenvalue weighted by Gasteiger charge is -2.25. The van der Waals surface area contributed by atoms with Gasteiger partial charge in [0.05, 0.1) is 5.56 Å². The molecule has 1 fully saturated rings. The fraction of sp³-hybridized carbons (Fsp3) is 0.625. The van der Waals surface area contributed by atoms with Gasteiger partial charge in [-0.05, 0) is 30.5 Å². The van der Waals surface area contributed by atoms with E-state index in [1.54, 1.807) is 12.1 Å². The summed E-state index contributed by atoms with van der Waals surface area (Å²) in [6, 6.07) is 5.77. The predicted molar refractivity (Wildman–Crippen MR) is 74.4 cm³/mol. The van der Waals surface area contributed by atoms with Gasteiger partial charge in [0.15, 0.2) is 0 Å². The Kier molecular flexibility index (Phi) is 5.08. The van der Waals surface area contributed by atoms with E-state index in [0.29, 0.717) is 18.0 Å². The molecule has 1 aliphatic carbocycles. The molecule has 0 spiro atoms. The maximum atomic E-state index is 13.1. The Bertz CT molecular complexity index is 422. The molecule has 112 valence electrons. The van der Waals surface area contributed by atoms with Crippen molar-refractivity contribution in [3.63, 3.8) is 0 Å². The number of hydrogen-bond donors (Lipinski definition) is 1. The minimum atomic E-state index is -4.28. The third-order valence-electron chi connectivity index (χ3n) is 4.14. The minimum Gasteiger partial charge on any atom is -0.310 e. The van der Waals surface area contributed by atoms with E-state index >= 15 is 0 Å². The van der Waals surface area contributed by atoms with Gasteiger partial charge in [-0.15, -0.1) is 0 Å². The highest BCUT2D eigenvalue weighted by Crippen LogP contribution is 2.38. The molecule has 2 rings (SSSR count). The zero-order chi connectivity index (χ0) is 14.6. The lowest BCUT2D eigenvalue weighted by molar-refractivity contribution is -0.138. The summed E-state index contributed by atoms with van der Waals surface area (Å²) in [5, 5.41) is 3.24. The Morgan fingerprint density at radius 1 is 1.20 bits per heavy atom. The second-order valence-electron chi connectivity index (χ2n) is 5.58. The van der Waals surface area contributed by atoms with Crippen LogP contribution < -0.4 is 5.32 Å². The maximum absolute atomic E-state index is 13.1.